The zero-order valence-corrected chi connectivity index (χ0v) is 15.7. The van der Waals surface area contributed by atoms with Gasteiger partial charge in [-0.25, -0.2) is 3.11 Å². The number of rotatable bonds is 6. The minimum Gasteiger partial charge on any atom is -0.306 e. The van der Waals surface area contributed by atoms with E-state index in [0.29, 0.717) is 5.41 Å². The van der Waals surface area contributed by atoms with Gasteiger partial charge in [0.1, 0.15) is 0 Å². The van der Waals surface area contributed by atoms with Crippen molar-refractivity contribution in [2.75, 3.05) is 33.2 Å². The first kappa shape index (κ1) is 16.8. The van der Waals surface area contributed by atoms with Gasteiger partial charge in [0.2, 0.25) is 0 Å². The van der Waals surface area contributed by atoms with Crippen molar-refractivity contribution >= 4 is 22.9 Å². The Kier molecular flexibility index (Phi) is 6.36. The molecule has 0 bridgehead atoms. The van der Waals surface area contributed by atoms with Gasteiger partial charge in [-0.15, -0.1) is 0 Å². The Balaban J connectivity index is 1.84. The van der Waals surface area contributed by atoms with Crippen LogP contribution in [0.5, 0.6) is 0 Å². The summed E-state index contributed by atoms with van der Waals surface area (Å²) in [5.41, 5.74) is 2.24. The van der Waals surface area contributed by atoms with Gasteiger partial charge in [0.05, 0.1) is 0 Å². The Hall–Kier alpha value is 0.390. The van der Waals surface area contributed by atoms with Gasteiger partial charge >= 0.3 is 0 Å². The molecule has 2 nitrogen and oxygen atoms in total. The second-order valence-corrected chi connectivity index (χ2v) is 8.53. The van der Waals surface area contributed by atoms with Gasteiger partial charge in [-0.2, -0.15) is 0 Å². The number of hydrogen-bond donors (Lipinski definition) is 0. The van der Waals surface area contributed by atoms with Crippen LogP contribution in [0, 0.1) is 11.3 Å². The van der Waals surface area contributed by atoms with Crippen LogP contribution in [0.25, 0.3) is 0 Å². The molecule has 2 unspecified atom stereocenters. The van der Waals surface area contributed by atoms with Gasteiger partial charge in [0.15, 0.2) is 0 Å². The summed E-state index contributed by atoms with van der Waals surface area (Å²) < 4.78 is 2.50. The fraction of sp³-hybridized carbons (Fsp3) is 0.882. The first-order chi connectivity index (χ1) is 9.53. The van der Waals surface area contributed by atoms with E-state index in [1.54, 1.807) is 5.57 Å². The molecule has 0 saturated carbocycles. The summed E-state index contributed by atoms with van der Waals surface area (Å²) in [7, 11) is 2.24. The average molecular weight is 390 g/mol. The summed E-state index contributed by atoms with van der Waals surface area (Å²) in [4.78, 5) is 2.46. The third-order valence-corrected chi connectivity index (χ3v) is 5.99. The third kappa shape index (κ3) is 4.70. The zero-order chi connectivity index (χ0) is 14.6. The average Bonchev–Trinajstić information content (AvgIpc) is 2.95. The molecule has 0 aromatic rings. The standard InChI is InChI=1S/C17H31IN2/c1-4-7-17(9-11-20(18)14-17)8-5-15(2)12-16-6-10-19(3)13-16/h12,16H,4-11,13-14H2,1-3H3/b15-12-. The Morgan fingerprint density at radius 1 is 1.35 bits per heavy atom. The van der Waals surface area contributed by atoms with Crippen LogP contribution in [0.3, 0.4) is 0 Å². The van der Waals surface area contributed by atoms with E-state index in [1.165, 1.54) is 64.7 Å². The molecule has 2 aliphatic heterocycles. The van der Waals surface area contributed by atoms with Gasteiger partial charge < -0.3 is 4.90 Å². The van der Waals surface area contributed by atoms with Crippen molar-refractivity contribution in [1.29, 1.82) is 0 Å². The van der Waals surface area contributed by atoms with E-state index in [2.05, 4.69) is 57.8 Å². The lowest BCUT2D eigenvalue weighted by Gasteiger charge is -2.28. The van der Waals surface area contributed by atoms with Crippen molar-refractivity contribution in [3.05, 3.63) is 11.6 Å². The first-order valence-corrected chi connectivity index (χ1v) is 9.26. The lowest BCUT2D eigenvalue weighted by Crippen LogP contribution is -2.23. The van der Waals surface area contributed by atoms with Gasteiger partial charge in [-0.3, -0.25) is 0 Å². The third-order valence-electron chi connectivity index (χ3n) is 5.17. The lowest BCUT2D eigenvalue weighted by molar-refractivity contribution is 0.259. The fourth-order valence-electron chi connectivity index (χ4n) is 4.00. The largest absolute Gasteiger partial charge is 0.306 e. The van der Waals surface area contributed by atoms with Crippen molar-refractivity contribution in [2.24, 2.45) is 11.3 Å². The lowest BCUT2D eigenvalue weighted by atomic mass is 9.77. The molecule has 0 radical (unpaired) electrons. The van der Waals surface area contributed by atoms with Crippen LogP contribution in [0.1, 0.15) is 52.4 Å². The Labute approximate surface area is 139 Å². The highest BCUT2D eigenvalue weighted by molar-refractivity contribution is 14.1. The molecule has 116 valence electrons. The summed E-state index contributed by atoms with van der Waals surface area (Å²) in [5.74, 6) is 0.812. The van der Waals surface area contributed by atoms with Crippen molar-refractivity contribution in [3.8, 4) is 0 Å². The highest BCUT2D eigenvalue weighted by atomic mass is 127. The van der Waals surface area contributed by atoms with Crippen LogP contribution < -0.4 is 0 Å². The summed E-state index contributed by atoms with van der Waals surface area (Å²) >= 11 is 2.51. The molecule has 2 aliphatic rings. The van der Waals surface area contributed by atoms with E-state index in [4.69, 9.17) is 0 Å². The predicted molar refractivity (Wildman–Crippen MR) is 96.1 cm³/mol. The Morgan fingerprint density at radius 3 is 2.70 bits per heavy atom. The van der Waals surface area contributed by atoms with Gasteiger partial charge in [-0.05, 0) is 64.0 Å². The number of allylic oxidation sites excluding steroid dienone is 1. The SMILES string of the molecule is CCCC1(CC/C(C)=C\C2CCN(C)C2)CCN(I)C1. The highest BCUT2D eigenvalue weighted by Gasteiger charge is 2.36. The highest BCUT2D eigenvalue weighted by Crippen LogP contribution is 2.41. The molecule has 2 saturated heterocycles. The molecule has 2 atom stereocenters. The number of nitrogens with zero attached hydrogens (tertiary/aromatic N) is 2. The number of likely N-dealkylation sites (tertiary alicyclic amines) is 1. The second-order valence-electron chi connectivity index (χ2n) is 7.17. The van der Waals surface area contributed by atoms with E-state index < -0.39 is 0 Å². The molecular weight excluding hydrogens is 359 g/mol. The molecule has 0 aromatic heterocycles. The second kappa shape index (κ2) is 7.59. The minimum absolute atomic E-state index is 0.609. The van der Waals surface area contributed by atoms with E-state index in [1.807, 2.05) is 0 Å². The minimum atomic E-state index is 0.609. The van der Waals surface area contributed by atoms with Gasteiger partial charge in [0, 0.05) is 42.5 Å². The topological polar surface area (TPSA) is 6.48 Å². The molecule has 0 amide bonds. The first-order valence-electron chi connectivity index (χ1n) is 8.29. The maximum Gasteiger partial charge on any atom is 0.0201 e. The van der Waals surface area contributed by atoms with Crippen molar-refractivity contribution in [1.82, 2.24) is 8.01 Å². The van der Waals surface area contributed by atoms with Gasteiger partial charge in [-0.1, -0.05) is 25.0 Å². The smallest absolute Gasteiger partial charge is 0.0201 e. The van der Waals surface area contributed by atoms with Gasteiger partial charge in [0.25, 0.3) is 0 Å². The molecular formula is C17H31IN2. The summed E-state index contributed by atoms with van der Waals surface area (Å²) in [6, 6.07) is 0. The van der Waals surface area contributed by atoms with Crippen LogP contribution in [-0.2, 0) is 0 Å². The molecule has 0 aromatic carbocycles. The summed E-state index contributed by atoms with van der Waals surface area (Å²) in [6.45, 7) is 9.83. The van der Waals surface area contributed by atoms with Crippen molar-refractivity contribution in [2.45, 2.75) is 52.4 Å². The molecule has 20 heavy (non-hydrogen) atoms. The van der Waals surface area contributed by atoms with Crippen LogP contribution in [0.15, 0.2) is 11.6 Å². The number of hydrogen-bond acceptors (Lipinski definition) is 2. The van der Waals surface area contributed by atoms with Crippen molar-refractivity contribution < 1.29 is 0 Å². The zero-order valence-electron chi connectivity index (χ0n) is 13.5. The quantitative estimate of drug-likeness (QED) is 0.374. The molecule has 0 N–H and O–H groups in total. The number of halogens is 1. The van der Waals surface area contributed by atoms with E-state index in [-0.39, 0.29) is 0 Å². The van der Waals surface area contributed by atoms with Crippen LogP contribution in [0.4, 0.5) is 0 Å². The van der Waals surface area contributed by atoms with Crippen LogP contribution >= 0.6 is 22.9 Å². The van der Waals surface area contributed by atoms with Crippen molar-refractivity contribution in [3.63, 3.8) is 0 Å². The van der Waals surface area contributed by atoms with E-state index in [0.717, 1.165) is 5.92 Å². The Bertz CT molecular complexity index is 338. The molecule has 3 heteroatoms. The molecule has 2 rings (SSSR count). The molecule has 0 spiro atoms. The summed E-state index contributed by atoms with van der Waals surface area (Å²) in [6.07, 6.45) is 10.8. The van der Waals surface area contributed by atoms with Crippen LogP contribution in [0.2, 0.25) is 0 Å². The molecule has 2 heterocycles. The van der Waals surface area contributed by atoms with Crippen LogP contribution in [-0.4, -0.2) is 41.2 Å². The fourth-order valence-corrected chi connectivity index (χ4v) is 4.96. The summed E-state index contributed by atoms with van der Waals surface area (Å²) in [5, 5.41) is 0. The maximum atomic E-state index is 2.57. The molecule has 2 fully saturated rings. The maximum absolute atomic E-state index is 2.57. The van der Waals surface area contributed by atoms with E-state index >= 15 is 0 Å². The Morgan fingerprint density at radius 2 is 2.15 bits per heavy atom. The van der Waals surface area contributed by atoms with E-state index in [9.17, 15) is 0 Å². The normalized spacial score (nSPS) is 33.2. The monoisotopic (exact) mass is 390 g/mol. The predicted octanol–water partition coefficient (Wildman–Crippen LogP) is 4.51. The molecule has 0 aliphatic carbocycles.